The zero-order valence-corrected chi connectivity index (χ0v) is 9.93. The van der Waals surface area contributed by atoms with Crippen molar-refractivity contribution in [3.05, 3.63) is 47.3 Å². The fraction of sp³-hybridized carbons (Fsp3) is 0.357. The number of aryl methyl sites for hydroxylation is 1. The summed E-state index contributed by atoms with van der Waals surface area (Å²) in [6, 6.07) is 8.23. The monoisotopic (exact) mass is 228 g/mol. The third-order valence-electron chi connectivity index (χ3n) is 3.36. The highest BCUT2D eigenvalue weighted by molar-refractivity contribution is 5.43. The Bertz CT molecular complexity index is 541. The molecule has 0 spiro atoms. The van der Waals surface area contributed by atoms with Gasteiger partial charge in [0.2, 0.25) is 0 Å². The number of hydrogen-bond acceptors (Lipinski definition) is 2. The van der Waals surface area contributed by atoms with E-state index < -0.39 is 0 Å². The number of para-hydroxylation sites is 1. The molecule has 0 bridgehead atoms. The quantitative estimate of drug-likeness (QED) is 0.876. The lowest BCUT2D eigenvalue weighted by Crippen LogP contribution is -2.04. The smallest absolute Gasteiger partial charge is 0.0715 e. The third kappa shape index (κ3) is 1.76. The molecule has 2 aromatic rings. The minimum absolute atomic E-state index is 0.0811. The van der Waals surface area contributed by atoms with E-state index in [9.17, 15) is 5.11 Å². The molecule has 1 saturated carbocycles. The van der Waals surface area contributed by atoms with E-state index in [4.69, 9.17) is 0 Å². The molecular formula is C14H16N2O. The lowest BCUT2D eigenvalue weighted by Gasteiger charge is -2.10. The second kappa shape index (κ2) is 4.00. The van der Waals surface area contributed by atoms with Crippen molar-refractivity contribution in [3.8, 4) is 5.69 Å². The summed E-state index contributed by atoms with van der Waals surface area (Å²) in [4.78, 5) is 0. The highest BCUT2D eigenvalue weighted by atomic mass is 16.3. The molecule has 0 atom stereocenters. The number of aliphatic hydroxyl groups is 1. The minimum atomic E-state index is 0.0811. The van der Waals surface area contributed by atoms with Crippen molar-refractivity contribution in [2.24, 2.45) is 0 Å². The first-order valence-corrected chi connectivity index (χ1v) is 6.05. The largest absolute Gasteiger partial charge is 0.392 e. The highest BCUT2D eigenvalue weighted by Gasteiger charge is 2.30. The molecule has 3 heteroatoms. The summed E-state index contributed by atoms with van der Waals surface area (Å²) < 4.78 is 2.00. The van der Waals surface area contributed by atoms with Crippen molar-refractivity contribution < 1.29 is 5.11 Å². The van der Waals surface area contributed by atoms with Crippen molar-refractivity contribution in [1.29, 1.82) is 0 Å². The molecule has 3 nitrogen and oxygen atoms in total. The standard InChI is InChI=1S/C14H16N2O/c1-10-4-2-3-5-13(10)16-14(11-6-7-11)12(9-17)8-15-16/h2-5,8,11,17H,6-7,9H2,1H3. The van der Waals surface area contributed by atoms with Crippen LogP contribution >= 0.6 is 0 Å². The average Bonchev–Trinajstić information content (AvgIpc) is 3.10. The van der Waals surface area contributed by atoms with Crippen molar-refractivity contribution in [2.75, 3.05) is 0 Å². The maximum absolute atomic E-state index is 9.37. The number of hydrogen-bond donors (Lipinski definition) is 1. The van der Waals surface area contributed by atoms with E-state index in [0.717, 1.165) is 11.3 Å². The summed E-state index contributed by atoms with van der Waals surface area (Å²) in [5, 5.41) is 13.8. The zero-order chi connectivity index (χ0) is 11.8. The Labute approximate surface area is 101 Å². The van der Waals surface area contributed by atoms with Gasteiger partial charge in [0, 0.05) is 11.5 Å². The summed E-state index contributed by atoms with van der Waals surface area (Å²) >= 11 is 0. The van der Waals surface area contributed by atoms with Gasteiger partial charge in [-0.1, -0.05) is 18.2 Å². The Morgan fingerprint density at radius 3 is 2.76 bits per heavy atom. The first kappa shape index (κ1) is 10.5. The molecule has 88 valence electrons. The molecular weight excluding hydrogens is 212 g/mol. The van der Waals surface area contributed by atoms with Crippen LogP contribution in [0.15, 0.2) is 30.5 Å². The van der Waals surface area contributed by atoms with E-state index in [0.29, 0.717) is 5.92 Å². The van der Waals surface area contributed by atoms with Crippen LogP contribution in [0.3, 0.4) is 0 Å². The average molecular weight is 228 g/mol. The molecule has 1 aromatic carbocycles. The van der Waals surface area contributed by atoms with Crippen molar-refractivity contribution in [1.82, 2.24) is 9.78 Å². The summed E-state index contributed by atoms with van der Waals surface area (Å²) in [5.41, 5.74) is 4.49. The van der Waals surface area contributed by atoms with Gasteiger partial charge < -0.3 is 5.11 Å². The number of aromatic nitrogens is 2. The van der Waals surface area contributed by atoms with E-state index in [-0.39, 0.29) is 6.61 Å². The molecule has 3 rings (SSSR count). The molecule has 1 aliphatic rings. The number of rotatable bonds is 3. The topological polar surface area (TPSA) is 38.0 Å². The van der Waals surface area contributed by atoms with Crippen LogP contribution in [-0.4, -0.2) is 14.9 Å². The lowest BCUT2D eigenvalue weighted by atomic mass is 10.1. The fourth-order valence-corrected chi connectivity index (χ4v) is 2.30. The molecule has 0 unspecified atom stereocenters. The Kier molecular flexibility index (Phi) is 2.48. The number of aliphatic hydroxyl groups excluding tert-OH is 1. The van der Waals surface area contributed by atoms with Crippen LogP contribution in [0.2, 0.25) is 0 Å². The van der Waals surface area contributed by atoms with E-state index in [1.807, 2.05) is 16.8 Å². The van der Waals surface area contributed by atoms with Gasteiger partial charge in [-0.05, 0) is 31.4 Å². The Hall–Kier alpha value is -1.61. The predicted octanol–water partition coefficient (Wildman–Crippen LogP) is 2.55. The molecule has 1 aliphatic carbocycles. The van der Waals surface area contributed by atoms with Crippen LogP contribution in [0.5, 0.6) is 0 Å². The zero-order valence-electron chi connectivity index (χ0n) is 9.93. The summed E-state index contributed by atoms with van der Waals surface area (Å²) in [6.07, 6.45) is 4.22. The Morgan fingerprint density at radius 2 is 2.12 bits per heavy atom. The molecule has 1 aromatic heterocycles. The van der Waals surface area contributed by atoms with Gasteiger partial charge in [0.05, 0.1) is 24.2 Å². The van der Waals surface area contributed by atoms with Gasteiger partial charge in [-0.2, -0.15) is 5.10 Å². The van der Waals surface area contributed by atoms with Crippen LogP contribution in [0.4, 0.5) is 0 Å². The summed E-state index contributed by atoms with van der Waals surface area (Å²) in [5.74, 6) is 0.583. The molecule has 0 radical (unpaired) electrons. The van der Waals surface area contributed by atoms with Gasteiger partial charge in [0.15, 0.2) is 0 Å². The minimum Gasteiger partial charge on any atom is -0.392 e. The summed E-state index contributed by atoms with van der Waals surface area (Å²) in [7, 11) is 0. The highest BCUT2D eigenvalue weighted by Crippen LogP contribution is 2.42. The van der Waals surface area contributed by atoms with Crippen LogP contribution in [0.1, 0.15) is 35.6 Å². The van der Waals surface area contributed by atoms with Gasteiger partial charge in [-0.25, -0.2) is 4.68 Å². The summed E-state index contributed by atoms with van der Waals surface area (Å²) in [6.45, 7) is 2.17. The van der Waals surface area contributed by atoms with Gasteiger partial charge in [0.25, 0.3) is 0 Å². The number of benzene rings is 1. The Balaban J connectivity index is 2.14. The second-order valence-corrected chi connectivity index (χ2v) is 4.69. The van der Waals surface area contributed by atoms with Crippen LogP contribution in [0.25, 0.3) is 5.69 Å². The van der Waals surface area contributed by atoms with Crippen LogP contribution in [0, 0.1) is 6.92 Å². The van der Waals surface area contributed by atoms with E-state index in [1.54, 1.807) is 6.20 Å². The SMILES string of the molecule is Cc1ccccc1-n1ncc(CO)c1C1CC1. The number of nitrogens with zero attached hydrogens (tertiary/aromatic N) is 2. The van der Waals surface area contributed by atoms with Crippen LogP contribution < -0.4 is 0 Å². The third-order valence-corrected chi connectivity index (χ3v) is 3.36. The maximum atomic E-state index is 9.37. The van der Waals surface area contributed by atoms with Crippen LogP contribution in [-0.2, 0) is 6.61 Å². The lowest BCUT2D eigenvalue weighted by molar-refractivity contribution is 0.280. The molecule has 17 heavy (non-hydrogen) atoms. The Morgan fingerprint density at radius 1 is 1.35 bits per heavy atom. The molecule has 1 heterocycles. The van der Waals surface area contributed by atoms with Gasteiger partial charge >= 0.3 is 0 Å². The second-order valence-electron chi connectivity index (χ2n) is 4.69. The van der Waals surface area contributed by atoms with Crippen molar-refractivity contribution in [3.63, 3.8) is 0 Å². The first-order chi connectivity index (χ1) is 8.31. The molecule has 0 aliphatic heterocycles. The van der Waals surface area contributed by atoms with Gasteiger partial charge in [0.1, 0.15) is 0 Å². The molecule has 1 fully saturated rings. The molecule has 0 saturated heterocycles. The normalized spacial score (nSPS) is 15.2. The first-order valence-electron chi connectivity index (χ1n) is 6.05. The molecule has 0 amide bonds. The van der Waals surface area contributed by atoms with Gasteiger partial charge in [-0.15, -0.1) is 0 Å². The van der Waals surface area contributed by atoms with Crippen molar-refractivity contribution >= 4 is 0 Å². The van der Waals surface area contributed by atoms with E-state index in [2.05, 4.69) is 24.2 Å². The van der Waals surface area contributed by atoms with E-state index in [1.165, 1.54) is 24.1 Å². The maximum Gasteiger partial charge on any atom is 0.0715 e. The van der Waals surface area contributed by atoms with Crippen molar-refractivity contribution in [2.45, 2.75) is 32.3 Å². The predicted molar refractivity (Wildman–Crippen MR) is 66.2 cm³/mol. The van der Waals surface area contributed by atoms with Gasteiger partial charge in [-0.3, -0.25) is 0 Å². The van der Waals surface area contributed by atoms with E-state index >= 15 is 0 Å². The fourth-order valence-electron chi connectivity index (χ4n) is 2.30. The molecule has 1 N–H and O–H groups in total.